The van der Waals surface area contributed by atoms with Gasteiger partial charge in [0.1, 0.15) is 11.2 Å². The monoisotopic (exact) mass is 636 g/mol. The fourth-order valence-electron chi connectivity index (χ4n) is 8.26. The number of rotatable bonds is 3. The second kappa shape index (κ2) is 10.4. The maximum absolute atomic E-state index is 6.46. The van der Waals surface area contributed by atoms with Gasteiger partial charge >= 0.3 is 0 Å². The predicted octanol–water partition coefficient (Wildman–Crippen LogP) is 12.9. The third-order valence-electron chi connectivity index (χ3n) is 10.4. The molecule has 0 aliphatic heterocycles. The van der Waals surface area contributed by atoms with Gasteiger partial charge in [0.05, 0.1) is 16.6 Å². The van der Waals surface area contributed by atoms with Gasteiger partial charge in [-0.1, -0.05) is 115 Å². The molecule has 0 saturated heterocycles. The van der Waals surface area contributed by atoms with Crippen molar-refractivity contribution in [3.8, 4) is 27.9 Å². The molecule has 0 bridgehead atoms. The molecule has 3 heteroatoms. The summed E-state index contributed by atoms with van der Waals surface area (Å²) >= 11 is 0. The second-order valence-corrected chi connectivity index (χ2v) is 13.1. The quantitative estimate of drug-likeness (QED) is 0.181. The summed E-state index contributed by atoms with van der Waals surface area (Å²) in [6.45, 7) is 0. The minimum absolute atomic E-state index is 0.869. The highest BCUT2D eigenvalue weighted by molar-refractivity contribution is 6.23. The van der Waals surface area contributed by atoms with Crippen LogP contribution in [0.5, 0.6) is 0 Å². The van der Waals surface area contributed by atoms with Gasteiger partial charge in [0.15, 0.2) is 0 Å². The van der Waals surface area contributed by atoms with Crippen LogP contribution in [-0.2, 0) is 0 Å². The molecular formula is C47H28N2O. The van der Waals surface area contributed by atoms with Crippen molar-refractivity contribution >= 4 is 76.2 Å². The Morgan fingerprint density at radius 2 is 0.940 bits per heavy atom. The molecule has 232 valence electrons. The first-order valence-electron chi connectivity index (χ1n) is 17.0. The van der Waals surface area contributed by atoms with E-state index in [1.807, 2.05) is 24.4 Å². The molecule has 8 aromatic carbocycles. The molecular weight excluding hydrogens is 609 g/mol. The Bertz CT molecular complexity index is 3050. The van der Waals surface area contributed by atoms with Gasteiger partial charge in [0, 0.05) is 38.8 Å². The molecule has 0 fully saturated rings. The van der Waals surface area contributed by atoms with E-state index in [4.69, 9.17) is 9.40 Å². The number of benzene rings is 8. The molecule has 0 spiro atoms. The summed E-state index contributed by atoms with van der Waals surface area (Å²) < 4.78 is 8.86. The fraction of sp³-hybridized carbons (Fsp3) is 0. The van der Waals surface area contributed by atoms with Gasteiger partial charge in [-0.2, -0.15) is 0 Å². The molecule has 11 aromatic rings. The predicted molar refractivity (Wildman–Crippen MR) is 209 cm³/mol. The summed E-state index contributed by atoms with van der Waals surface area (Å²) in [7, 11) is 0. The molecule has 0 saturated carbocycles. The van der Waals surface area contributed by atoms with E-state index in [0.717, 1.165) is 44.1 Å². The van der Waals surface area contributed by atoms with Crippen molar-refractivity contribution in [2.75, 3.05) is 0 Å². The first-order valence-corrected chi connectivity index (χ1v) is 17.0. The van der Waals surface area contributed by atoms with Crippen LogP contribution < -0.4 is 0 Å². The number of hydrogen-bond acceptors (Lipinski definition) is 2. The van der Waals surface area contributed by atoms with Gasteiger partial charge in [0.2, 0.25) is 0 Å². The molecule has 0 radical (unpaired) electrons. The van der Waals surface area contributed by atoms with E-state index in [-0.39, 0.29) is 0 Å². The number of fused-ring (bicyclic) bond motifs is 10. The normalized spacial score (nSPS) is 12.0. The molecule has 3 nitrogen and oxygen atoms in total. The van der Waals surface area contributed by atoms with Gasteiger partial charge in [-0.05, 0) is 92.3 Å². The second-order valence-electron chi connectivity index (χ2n) is 13.1. The molecule has 0 unspecified atom stereocenters. The summed E-state index contributed by atoms with van der Waals surface area (Å²) in [5, 5.41) is 10.6. The standard InChI is InChI=1S/C47H28N2O/c1-3-18-36-34(16-1)45(29-12-11-13-31(26-29)49-42-22-9-6-14-32(42)33-15-7-10-23-43(33)49)35-17-2-4-19-37(35)46(36)30-24-25-44-39(27-30)40-28-48-41-21-8-5-20-38(41)47(40)50-44/h1-28H. The van der Waals surface area contributed by atoms with Crippen molar-refractivity contribution in [2.24, 2.45) is 0 Å². The van der Waals surface area contributed by atoms with E-state index in [1.165, 1.54) is 60.0 Å². The first-order chi connectivity index (χ1) is 24.8. The van der Waals surface area contributed by atoms with Gasteiger partial charge in [-0.3, -0.25) is 4.98 Å². The largest absolute Gasteiger partial charge is 0.455 e. The van der Waals surface area contributed by atoms with Gasteiger partial charge < -0.3 is 8.98 Å². The Hall–Kier alpha value is -6.71. The lowest BCUT2D eigenvalue weighted by atomic mass is 9.85. The number of nitrogens with zero attached hydrogens (tertiary/aromatic N) is 2. The Balaban J connectivity index is 1.17. The third-order valence-corrected chi connectivity index (χ3v) is 10.4. The van der Waals surface area contributed by atoms with Gasteiger partial charge in [0.25, 0.3) is 0 Å². The zero-order chi connectivity index (χ0) is 32.8. The Morgan fingerprint density at radius 1 is 0.400 bits per heavy atom. The third kappa shape index (κ3) is 3.83. The Morgan fingerprint density at radius 3 is 1.58 bits per heavy atom. The fourth-order valence-corrected chi connectivity index (χ4v) is 8.26. The number of aromatic nitrogens is 2. The molecule has 3 aromatic heterocycles. The average molecular weight is 637 g/mol. The van der Waals surface area contributed by atoms with Crippen LogP contribution in [0.1, 0.15) is 0 Å². The minimum atomic E-state index is 0.869. The van der Waals surface area contributed by atoms with Crippen LogP contribution in [0.25, 0.3) is 104 Å². The Labute approximate surface area is 287 Å². The topological polar surface area (TPSA) is 31.0 Å². The molecule has 11 rings (SSSR count). The van der Waals surface area contributed by atoms with Crippen molar-refractivity contribution in [2.45, 2.75) is 0 Å². The number of pyridine rings is 1. The lowest BCUT2D eigenvalue weighted by Crippen LogP contribution is -1.95. The minimum Gasteiger partial charge on any atom is -0.455 e. The maximum atomic E-state index is 6.46. The summed E-state index contributed by atoms with van der Waals surface area (Å²) in [6.07, 6.45) is 1.96. The van der Waals surface area contributed by atoms with E-state index in [2.05, 4.69) is 150 Å². The number of furan rings is 1. The molecule has 0 aliphatic carbocycles. The van der Waals surface area contributed by atoms with Crippen molar-refractivity contribution in [3.05, 3.63) is 170 Å². The van der Waals surface area contributed by atoms with Crippen molar-refractivity contribution < 1.29 is 4.42 Å². The van der Waals surface area contributed by atoms with Crippen LogP contribution in [0.4, 0.5) is 0 Å². The van der Waals surface area contributed by atoms with Crippen LogP contribution in [0.3, 0.4) is 0 Å². The Kier molecular flexibility index (Phi) is 5.67. The van der Waals surface area contributed by atoms with Crippen LogP contribution in [-0.4, -0.2) is 9.55 Å². The molecule has 0 atom stereocenters. The summed E-state index contributed by atoms with van der Waals surface area (Å²) in [4.78, 5) is 4.78. The van der Waals surface area contributed by atoms with E-state index in [1.54, 1.807) is 0 Å². The van der Waals surface area contributed by atoms with Crippen LogP contribution in [0, 0.1) is 0 Å². The number of hydrogen-bond donors (Lipinski definition) is 0. The maximum Gasteiger partial charge on any atom is 0.146 e. The first kappa shape index (κ1) is 27.3. The highest BCUT2D eigenvalue weighted by Crippen LogP contribution is 2.45. The van der Waals surface area contributed by atoms with Gasteiger partial charge in [-0.15, -0.1) is 0 Å². The smallest absolute Gasteiger partial charge is 0.146 e. The van der Waals surface area contributed by atoms with Crippen molar-refractivity contribution in [3.63, 3.8) is 0 Å². The summed E-state index contributed by atoms with van der Waals surface area (Å²) in [5.41, 5.74) is 11.1. The van der Waals surface area contributed by atoms with E-state index < -0.39 is 0 Å². The highest BCUT2D eigenvalue weighted by atomic mass is 16.3. The van der Waals surface area contributed by atoms with Crippen LogP contribution >= 0.6 is 0 Å². The zero-order valence-corrected chi connectivity index (χ0v) is 27.0. The lowest BCUT2D eigenvalue weighted by molar-refractivity contribution is 0.672. The molecule has 0 aliphatic rings. The lowest BCUT2D eigenvalue weighted by Gasteiger charge is -2.18. The average Bonchev–Trinajstić information content (AvgIpc) is 3.73. The molecule has 0 N–H and O–H groups in total. The van der Waals surface area contributed by atoms with E-state index >= 15 is 0 Å². The summed E-state index contributed by atoms with van der Waals surface area (Å²) in [5.74, 6) is 0. The van der Waals surface area contributed by atoms with E-state index in [0.29, 0.717) is 0 Å². The van der Waals surface area contributed by atoms with Crippen LogP contribution in [0.15, 0.2) is 174 Å². The highest BCUT2D eigenvalue weighted by Gasteiger charge is 2.19. The number of para-hydroxylation sites is 3. The molecule has 3 heterocycles. The van der Waals surface area contributed by atoms with Crippen molar-refractivity contribution in [1.82, 2.24) is 9.55 Å². The van der Waals surface area contributed by atoms with Crippen molar-refractivity contribution in [1.29, 1.82) is 0 Å². The van der Waals surface area contributed by atoms with E-state index in [9.17, 15) is 0 Å². The van der Waals surface area contributed by atoms with Gasteiger partial charge in [-0.25, -0.2) is 0 Å². The summed E-state index contributed by atoms with van der Waals surface area (Å²) in [6, 6.07) is 58.9. The van der Waals surface area contributed by atoms with Crippen LogP contribution in [0.2, 0.25) is 0 Å². The zero-order valence-electron chi connectivity index (χ0n) is 27.0. The SMILES string of the molecule is c1cc(-c2c3ccccc3c(-c3ccc4oc5c6ccccc6ncc5c4c3)c3ccccc23)cc(-n2c3ccccc3c3ccccc32)c1. The molecule has 0 amide bonds. The molecule has 50 heavy (non-hydrogen) atoms.